The number of ether oxygens (including phenoxy) is 1. The zero-order chi connectivity index (χ0) is 16.9. The highest BCUT2D eigenvalue weighted by molar-refractivity contribution is 5.88. The Morgan fingerprint density at radius 3 is 2.26 bits per heavy atom. The Balaban J connectivity index is 2.27. The van der Waals surface area contributed by atoms with E-state index in [0.717, 1.165) is 31.2 Å². The van der Waals surface area contributed by atoms with Crippen LogP contribution in [0.1, 0.15) is 61.9 Å². The van der Waals surface area contributed by atoms with Gasteiger partial charge in [0.1, 0.15) is 0 Å². The summed E-state index contributed by atoms with van der Waals surface area (Å²) in [6, 6.07) is 7.03. The Morgan fingerprint density at radius 2 is 1.61 bits per heavy atom. The van der Waals surface area contributed by atoms with Crippen molar-refractivity contribution in [2.24, 2.45) is 0 Å². The van der Waals surface area contributed by atoms with E-state index >= 15 is 0 Å². The van der Waals surface area contributed by atoms with Crippen LogP contribution in [0.2, 0.25) is 0 Å². The molecule has 0 aromatic heterocycles. The number of benzene rings is 1. The molecule has 0 spiro atoms. The molecule has 6 heteroatoms. The van der Waals surface area contributed by atoms with Crippen molar-refractivity contribution in [3.05, 3.63) is 35.4 Å². The van der Waals surface area contributed by atoms with Crippen LogP contribution >= 0.6 is 0 Å². The molecule has 0 amide bonds. The lowest BCUT2D eigenvalue weighted by molar-refractivity contribution is -0.452. The third kappa shape index (κ3) is 8.21. The Labute approximate surface area is 136 Å². The lowest BCUT2D eigenvalue weighted by atomic mass is 10.1. The number of aryl methyl sites for hydroxylation is 1. The quantitative estimate of drug-likeness (QED) is 0.275. The van der Waals surface area contributed by atoms with Gasteiger partial charge in [0.15, 0.2) is 0 Å². The van der Waals surface area contributed by atoms with Gasteiger partial charge in [0.25, 0.3) is 0 Å². The van der Waals surface area contributed by atoms with E-state index in [0.29, 0.717) is 5.56 Å². The van der Waals surface area contributed by atoms with Gasteiger partial charge >= 0.3 is 12.1 Å². The Hall–Kier alpha value is -2.08. The predicted octanol–water partition coefficient (Wildman–Crippen LogP) is 4.38. The molecule has 0 saturated carbocycles. The molecule has 0 aliphatic rings. The van der Waals surface area contributed by atoms with E-state index in [2.05, 4.69) is 26.5 Å². The average molecular weight is 324 g/mol. The van der Waals surface area contributed by atoms with Crippen LogP contribution in [0, 0.1) is 0 Å². The second kappa shape index (κ2) is 11.5. The van der Waals surface area contributed by atoms with Crippen molar-refractivity contribution in [3.63, 3.8) is 0 Å². The number of hydrogen-bond donors (Lipinski definition) is 0. The average Bonchev–Trinajstić information content (AvgIpc) is 2.56. The lowest BCUT2D eigenvalue weighted by Crippen LogP contribution is -2.12. The predicted molar refractivity (Wildman–Crippen MR) is 83.5 cm³/mol. The SMILES string of the molecule is CCCCCc1ccc(C(=O)OOOC(=O)OCCCC)cc1. The van der Waals surface area contributed by atoms with Gasteiger partial charge in [-0.25, -0.2) is 14.5 Å². The highest BCUT2D eigenvalue weighted by atomic mass is 17.5. The smallest absolute Gasteiger partial charge is 0.432 e. The third-order valence-corrected chi connectivity index (χ3v) is 3.19. The van der Waals surface area contributed by atoms with E-state index in [4.69, 9.17) is 0 Å². The number of rotatable bonds is 10. The maximum Gasteiger partial charge on any atom is 0.543 e. The molecule has 0 bridgehead atoms. The van der Waals surface area contributed by atoms with Gasteiger partial charge in [-0.15, -0.1) is 0 Å². The molecule has 128 valence electrons. The van der Waals surface area contributed by atoms with Crippen LogP contribution < -0.4 is 0 Å². The van der Waals surface area contributed by atoms with Gasteiger partial charge in [-0.05, 0) is 37.0 Å². The summed E-state index contributed by atoms with van der Waals surface area (Å²) in [5.41, 5.74) is 1.47. The molecule has 0 aliphatic heterocycles. The first-order valence-corrected chi connectivity index (χ1v) is 7.98. The first-order valence-electron chi connectivity index (χ1n) is 7.98. The van der Waals surface area contributed by atoms with Crippen LogP contribution in [-0.4, -0.2) is 18.7 Å². The molecule has 0 N–H and O–H groups in total. The summed E-state index contributed by atoms with van der Waals surface area (Å²) in [5.74, 6) is -0.744. The molecular weight excluding hydrogens is 300 g/mol. The summed E-state index contributed by atoms with van der Waals surface area (Å²) in [7, 11) is 0. The topological polar surface area (TPSA) is 71.1 Å². The second-order valence-electron chi connectivity index (χ2n) is 5.13. The summed E-state index contributed by atoms with van der Waals surface area (Å²) in [4.78, 5) is 31.3. The molecule has 0 aliphatic carbocycles. The monoisotopic (exact) mass is 324 g/mol. The molecule has 0 unspecified atom stereocenters. The number of unbranched alkanes of at least 4 members (excludes halogenated alkanes) is 3. The van der Waals surface area contributed by atoms with Crippen LogP contribution in [0.4, 0.5) is 4.79 Å². The van der Waals surface area contributed by atoms with Crippen molar-refractivity contribution in [3.8, 4) is 0 Å². The summed E-state index contributed by atoms with van der Waals surface area (Å²) >= 11 is 0. The molecule has 0 atom stereocenters. The van der Waals surface area contributed by atoms with Gasteiger partial charge < -0.3 is 4.74 Å². The van der Waals surface area contributed by atoms with E-state index in [1.54, 1.807) is 12.1 Å². The number of carbonyl (C=O) groups is 2. The fourth-order valence-electron chi connectivity index (χ4n) is 1.83. The molecule has 0 fully saturated rings. The van der Waals surface area contributed by atoms with Gasteiger partial charge in [-0.3, -0.25) is 4.89 Å². The molecule has 1 aromatic carbocycles. The standard InChI is InChI=1S/C17H24O6/c1-3-5-7-8-14-9-11-15(12-10-14)16(18)21-23-22-17(19)20-13-6-4-2/h9-12H,3-8,13H2,1-2H3. The Morgan fingerprint density at radius 1 is 0.913 bits per heavy atom. The molecule has 23 heavy (non-hydrogen) atoms. The molecule has 1 aromatic rings. The van der Waals surface area contributed by atoms with Crippen molar-refractivity contribution < 1.29 is 29.1 Å². The Kier molecular flexibility index (Phi) is 9.47. The van der Waals surface area contributed by atoms with Crippen molar-refractivity contribution in [2.45, 2.75) is 52.4 Å². The first kappa shape index (κ1) is 19.0. The van der Waals surface area contributed by atoms with Crippen molar-refractivity contribution >= 4 is 12.1 Å². The maximum absolute atomic E-state index is 11.7. The third-order valence-electron chi connectivity index (χ3n) is 3.19. The van der Waals surface area contributed by atoms with Gasteiger partial charge in [0, 0.05) is 0 Å². The number of carbonyl (C=O) groups excluding carboxylic acids is 2. The molecule has 0 radical (unpaired) electrons. The van der Waals surface area contributed by atoms with Crippen molar-refractivity contribution in [1.29, 1.82) is 0 Å². The summed E-state index contributed by atoms with van der Waals surface area (Å²) < 4.78 is 4.65. The molecule has 1 rings (SSSR count). The summed E-state index contributed by atoms with van der Waals surface area (Å²) in [5, 5.41) is 4.13. The van der Waals surface area contributed by atoms with Gasteiger partial charge in [0.2, 0.25) is 0 Å². The van der Waals surface area contributed by atoms with Gasteiger partial charge in [-0.1, -0.05) is 45.2 Å². The van der Waals surface area contributed by atoms with Crippen molar-refractivity contribution in [1.82, 2.24) is 0 Å². The zero-order valence-electron chi connectivity index (χ0n) is 13.7. The largest absolute Gasteiger partial charge is 0.543 e. The summed E-state index contributed by atoms with van der Waals surface area (Å²) in [6.07, 6.45) is 5.02. The second-order valence-corrected chi connectivity index (χ2v) is 5.13. The summed E-state index contributed by atoms with van der Waals surface area (Å²) in [6.45, 7) is 4.34. The van der Waals surface area contributed by atoms with E-state index in [-0.39, 0.29) is 6.61 Å². The highest BCUT2D eigenvalue weighted by Gasteiger charge is 2.12. The maximum atomic E-state index is 11.7. The minimum atomic E-state index is -1.04. The van der Waals surface area contributed by atoms with E-state index in [1.165, 1.54) is 12.8 Å². The number of hydrogen-bond acceptors (Lipinski definition) is 6. The van der Waals surface area contributed by atoms with Crippen LogP contribution in [0.5, 0.6) is 0 Å². The Bertz CT molecular complexity index is 468. The zero-order valence-corrected chi connectivity index (χ0v) is 13.7. The van der Waals surface area contributed by atoms with E-state index < -0.39 is 12.1 Å². The minimum Gasteiger partial charge on any atom is -0.432 e. The molecule has 0 saturated heterocycles. The molecule has 6 nitrogen and oxygen atoms in total. The van der Waals surface area contributed by atoms with Gasteiger partial charge in [-0.2, -0.15) is 0 Å². The van der Waals surface area contributed by atoms with Gasteiger partial charge in [0.05, 0.1) is 17.2 Å². The molecule has 0 heterocycles. The van der Waals surface area contributed by atoms with Crippen LogP contribution in [0.15, 0.2) is 24.3 Å². The fourth-order valence-corrected chi connectivity index (χ4v) is 1.83. The van der Waals surface area contributed by atoms with E-state index in [9.17, 15) is 9.59 Å². The fraction of sp³-hybridized carbons (Fsp3) is 0.529. The molecular formula is C17H24O6. The van der Waals surface area contributed by atoms with E-state index in [1.807, 2.05) is 19.1 Å². The first-order chi connectivity index (χ1) is 11.2. The minimum absolute atomic E-state index is 0.228. The highest BCUT2D eigenvalue weighted by Crippen LogP contribution is 2.10. The van der Waals surface area contributed by atoms with Crippen LogP contribution in [-0.2, 0) is 26.0 Å². The van der Waals surface area contributed by atoms with Crippen LogP contribution in [0.25, 0.3) is 0 Å². The lowest BCUT2D eigenvalue weighted by Gasteiger charge is -2.04. The van der Waals surface area contributed by atoms with Crippen LogP contribution in [0.3, 0.4) is 0 Å². The van der Waals surface area contributed by atoms with Crippen molar-refractivity contribution in [2.75, 3.05) is 6.61 Å². The normalized spacial score (nSPS) is 10.2.